The summed E-state index contributed by atoms with van der Waals surface area (Å²) in [5, 5.41) is 11.9. The molecule has 2 rings (SSSR count). The summed E-state index contributed by atoms with van der Waals surface area (Å²) in [4.78, 5) is 30.8. The molecule has 0 saturated carbocycles. The maximum Gasteiger partial charge on any atom is 0.313 e. The number of aliphatic hydroxyl groups is 1. The van der Waals surface area contributed by atoms with Crippen LogP contribution in [0.4, 0.5) is 11.5 Å². The second kappa shape index (κ2) is 9.85. The number of pyridine rings is 1. The Hall–Kier alpha value is -2.93. The van der Waals surface area contributed by atoms with E-state index < -0.39 is 11.8 Å². The van der Waals surface area contributed by atoms with Crippen LogP contribution in [0.15, 0.2) is 48.2 Å². The molecule has 1 aromatic heterocycles. The zero-order chi connectivity index (χ0) is 20.7. The molecule has 0 radical (unpaired) electrons. The molecule has 0 bridgehead atoms. The van der Waals surface area contributed by atoms with E-state index in [0.29, 0.717) is 18.1 Å². The van der Waals surface area contributed by atoms with Crippen molar-refractivity contribution in [3.05, 3.63) is 53.8 Å². The number of likely N-dealkylation sites (tertiary alicyclic amines) is 1. The summed E-state index contributed by atoms with van der Waals surface area (Å²) in [5.74, 6) is -0.923. The van der Waals surface area contributed by atoms with E-state index in [1.165, 1.54) is 6.20 Å². The third-order valence-electron chi connectivity index (χ3n) is 4.83. The van der Waals surface area contributed by atoms with Crippen LogP contribution >= 0.6 is 0 Å². The van der Waals surface area contributed by atoms with E-state index in [2.05, 4.69) is 16.9 Å². The Kier molecular flexibility index (Phi) is 7.52. The van der Waals surface area contributed by atoms with Crippen molar-refractivity contribution in [2.75, 3.05) is 24.2 Å². The summed E-state index contributed by atoms with van der Waals surface area (Å²) in [7, 11) is 0. The van der Waals surface area contributed by atoms with Gasteiger partial charge in [0.15, 0.2) is 0 Å². The predicted molar refractivity (Wildman–Crippen MR) is 110 cm³/mol. The van der Waals surface area contributed by atoms with Gasteiger partial charge in [-0.3, -0.25) is 9.59 Å². The number of hydrogen-bond acceptors (Lipinski definition) is 5. The molecule has 0 unspecified atom stereocenters. The van der Waals surface area contributed by atoms with Gasteiger partial charge in [0.05, 0.1) is 24.5 Å². The number of allylic oxidation sites excluding steroid dienone is 1. The first-order valence-electron chi connectivity index (χ1n) is 9.34. The molecule has 2 amide bonds. The Morgan fingerprint density at radius 3 is 2.82 bits per heavy atom. The van der Waals surface area contributed by atoms with E-state index in [1.807, 2.05) is 13.0 Å². The number of aliphatic hydroxyl groups excluding tert-OH is 1. The van der Waals surface area contributed by atoms with Crippen molar-refractivity contribution < 1.29 is 14.7 Å². The minimum absolute atomic E-state index is 0.0644. The number of aryl methyl sites for hydroxylation is 1. The highest BCUT2D eigenvalue weighted by molar-refractivity contribution is 6.39. The van der Waals surface area contributed by atoms with Crippen molar-refractivity contribution in [3.63, 3.8) is 0 Å². The number of nitrogens with zero attached hydrogens (tertiary/aromatic N) is 2. The normalized spacial score (nSPS) is 17.6. The number of nitrogen functional groups attached to an aromatic ring is 1. The van der Waals surface area contributed by atoms with Crippen molar-refractivity contribution in [1.29, 1.82) is 0 Å². The number of hydrogen-bond donors (Lipinski definition) is 3. The fourth-order valence-electron chi connectivity index (χ4n) is 3.09. The number of aromatic nitrogens is 1. The SMILES string of the molecule is C=C(/C=C\C(=C/C)CO)[C@@H]1CCCCN1C(=O)C(=O)Nc1cnc(N)c(C)c1. The zero-order valence-corrected chi connectivity index (χ0v) is 16.4. The standard InChI is InChI=1S/C21H28N4O3/c1-4-16(13-26)9-8-14(2)18-7-5-6-10-25(18)21(28)20(27)24-17-11-15(3)19(22)23-12-17/h4,8-9,11-12,18,26H,2,5-7,10,13H2,1,3H3,(H2,22,23)(H,24,27)/b9-8-,16-4+/t18-/m0/s1. The molecule has 28 heavy (non-hydrogen) atoms. The highest BCUT2D eigenvalue weighted by Gasteiger charge is 2.31. The first-order chi connectivity index (χ1) is 13.4. The largest absolute Gasteiger partial charge is 0.392 e. The lowest BCUT2D eigenvalue weighted by molar-refractivity contribution is -0.145. The van der Waals surface area contributed by atoms with Crippen molar-refractivity contribution in [1.82, 2.24) is 9.88 Å². The van der Waals surface area contributed by atoms with Gasteiger partial charge in [-0.1, -0.05) is 24.8 Å². The molecule has 7 nitrogen and oxygen atoms in total. The van der Waals surface area contributed by atoms with E-state index >= 15 is 0 Å². The molecule has 1 atom stereocenters. The Balaban J connectivity index is 2.11. The average molecular weight is 384 g/mol. The molecule has 1 aliphatic heterocycles. The maximum absolute atomic E-state index is 12.8. The number of nitrogens with one attached hydrogen (secondary N) is 1. The topological polar surface area (TPSA) is 109 Å². The molecule has 1 fully saturated rings. The van der Waals surface area contributed by atoms with E-state index in [9.17, 15) is 14.7 Å². The molecule has 150 valence electrons. The Morgan fingerprint density at radius 1 is 1.43 bits per heavy atom. The molecule has 1 aromatic rings. The van der Waals surface area contributed by atoms with Crippen LogP contribution in [0.1, 0.15) is 31.7 Å². The summed E-state index contributed by atoms with van der Waals surface area (Å²) >= 11 is 0. The quantitative estimate of drug-likeness (QED) is 0.533. The number of piperidine rings is 1. The van der Waals surface area contributed by atoms with Crippen LogP contribution in [0.3, 0.4) is 0 Å². The molecule has 0 aromatic carbocycles. The minimum Gasteiger partial charge on any atom is -0.392 e. The van der Waals surface area contributed by atoms with Gasteiger partial charge < -0.3 is 21.1 Å². The van der Waals surface area contributed by atoms with Gasteiger partial charge in [0.25, 0.3) is 0 Å². The third kappa shape index (κ3) is 5.29. The molecular weight excluding hydrogens is 356 g/mol. The molecule has 0 aliphatic carbocycles. The average Bonchev–Trinajstić information content (AvgIpc) is 2.70. The number of amides is 2. The Bertz CT molecular complexity index is 814. The van der Waals surface area contributed by atoms with Crippen LogP contribution in [-0.4, -0.2) is 46.0 Å². The lowest BCUT2D eigenvalue weighted by Crippen LogP contribution is -2.48. The van der Waals surface area contributed by atoms with E-state index in [0.717, 1.165) is 36.0 Å². The monoisotopic (exact) mass is 384 g/mol. The summed E-state index contributed by atoms with van der Waals surface area (Å²) in [6, 6.07) is 1.43. The van der Waals surface area contributed by atoms with Gasteiger partial charge >= 0.3 is 11.8 Å². The van der Waals surface area contributed by atoms with Crippen molar-refractivity contribution in [2.24, 2.45) is 0 Å². The molecule has 7 heteroatoms. The van der Waals surface area contributed by atoms with Crippen LogP contribution in [0.2, 0.25) is 0 Å². The van der Waals surface area contributed by atoms with Gasteiger partial charge in [-0.25, -0.2) is 4.98 Å². The number of carbonyl (C=O) groups excluding carboxylic acids is 2. The van der Waals surface area contributed by atoms with Gasteiger partial charge in [0.2, 0.25) is 0 Å². The smallest absolute Gasteiger partial charge is 0.313 e. The van der Waals surface area contributed by atoms with E-state index in [-0.39, 0.29) is 12.6 Å². The van der Waals surface area contributed by atoms with Gasteiger partial charge in [-0.2, -0.15) is 0 Å². The van der Waals surface area contributed by atoms with Crippen molar-refractivity contribution >= 4 is 23.3 Å². The van der Waals surface area contributed by atoms with Crippen LogP contribution in [0.25, 0.3) is 0 Å². The van der Waals surface area contributed by atoms with Gasteiger partial charge in [0.1, 0.15) is 5.82 Å². The first kappa shape index (κ1) is 21.4. The maximum atomic E-state index is 12.8. The van der Waals surface area contributed by atoms with Crippen LogP contribution in [0.5, 0.6) is 0 Å². The zero-order valence-electron chi connectivity index (χ0n) is 16.4. The van der Waals surface area contributed by atoms with Gasteiger partial charge in [-0.05, 0) is 55.9 Å². The summed E-state index contributed by atoms with van der Waals surface area (Å²) < 4.78 is 0. The Morgan fingerprint density at radius 2 is 2.18 bits per heavy atom. The number of anilines is 2. The molecule has 4 N–H and O–H groups in total. The number of rotatable bonds is 5. The second-order valence-electron chi connectivity index (χ2n) is 6.82. The third-order valence-corrected chi connectivity index (χ3v) is 4.83. The number of nitrogens with two attached hydrogens (primary N) is 1. The molecule has 1 saturated heterocycles. The fraction of sp³-hybridized carbons (Fsp3) is 0.381. The van der Waals surface area contributed by atoms with Crippen molar-refractivity contribution in [2.45, 2.75) is 39.2 Å². The summed E-state index contributed by atoms with van der Waals surface area (Å²) in [6.07, 6.45) is 9.36. The molecule has 2 heterocycles. The lowest BCUT2D eigenvalue weighted by Gasteiger charge is -2.35. The van der Waals surface area contributed by atoms with Crippen LogP contribution in [0, 0.1) is 6.92 Å². The molecule has 0 spiro atoms. The fourth-order valence-corrected chi connectivity index (χ4v) is 3.09. The lowest BCUT2D eigenvalue weighted by atomic mass is 9.95. The van der Waals surface area contributed by atoms with Crippen LogP contribution in [-0.2, 0) is 9.59 Å². The van der Waals surface area contributed by atoms with Gasteiger partial charge in [-0.15, -0.1) is 0 Å². The highest BCUT2D eigenvalue weighted by Crippen LogP contribution is 2.24. The first-order valence-corrected chi connectivity index (χ1v) is 9.34. The van der Waals surface area contributed by atoms with E-state index in [1.54, 1.807) is 30.0 Å². The molecular formula is C21H28N4O3. The summed E-state index contributed by atoms with van der Waals surface area (Å²) in [5.41, 5.74) is 8.33. The highest BCUT2D eigenvalue weighted by atomic mass is 16.3. The second-order valence-corrected chi connectivity index (χ2v) is 6.82. The van der Waals surface area contributed by atoms with E-state index in [4.69, 9.17) is 5.73 Å². The predicted octanol–water partition coefficient (Wildman–Crippen LogP) is 2.34. The van der Waals surface area contributed by atoms with Crippen molar-refractivity contribution in [3.8, 4) is 0 Å². The molecule has 1 aliphatic rings. The minimum atomic E-state index is -0.709. The van der Waals surface area contributed by atoms with Crippen LogP contribution < -0.4 is 11.1 Å². The van der Waals surface area contributed by atoms with Gasteiger partial charge in [0, 0.05) is 6.54 Å². The summed E-state index contributed by atoms with van der Waals surface area (Å²) in [6.45, 7) is 8.13. The Labute approximate surface area is 165 Å². The number of carbonyl (C=O) groups is 2.